The first-order chi connectivity index (χ1) is 13.0. The van der Waals surface area contributed by atoms with E-state index in [2.05, 4.69) is 30.8 Å². The Labute approximate surface area is 158 Å². The second-order valence-corrected chi connectivity index (χ2v) is 6.95. The van der Waals surface area contributed by atoms with Crippen LogP contribution in [0.4, 0.5) is 0 Å². The summed E-state index contributed by atoms with van der Waals surface area (Å²) in [5, 5.41) is 19.4. The van der Waals surface area contributed by atoms with Crippen molar-refractivity contribution in [1.29, 1.82) is 0 Å². The van der Waals surface area contributed by atoms with Crippen molar-refractivity contribution in [3.8, 4) is 0 Å². The lowest BCUT2D eigenvalue weighted by atomic mass is 10.1. The van der Waals surface area contributed by atoms with Crippen molar-refractivity contribution in [1.82, 2.24) is 40.2 Å². The van der Waals surface area contributed by atoms with Gasteiger partial charge in [-0.2, -0.15) is 5.10 Å². The molecule has 0 aromatic carbocycles. The molecular formula is C17H28N8O2. The molecule has 27 heavy (non-hydrogen) atoms. The summed E-state index contributed by atoms with van der Waals surface area (Å²) in [5.74, 6) is 0.745. The molecule has 0 radical (unpaired) electrons. The highest BCUT2D eigenvalue weighted by atomic mass is 16.5. The fourth-order valence-corrected chi connectivity index (χ4v) is 3.48. The molecule has 1 fully saturated rings. The first-order valence-corrected chi connectivity index (χ1v) is 9.30. The molecule has 0 saturated carbocycles. The highest BCUT2D eigenvalue weighted by Gasteiger charge is 2.19. The monoisotopic (exact) mass is 376 g/mol. The van der Waals surface area contributed by atoms with E-state index in [-0.39, 0.29) is 11.9 Å². The van der Waals surface area contributed by atoms with E-state index >= 15 is 0 Å². The van der Waals surface area contributed by atoms with Crippen LogP contribution in [-0.4, -0.2) is 67.1 Å². The van der Waals surface area contributed by atoms with Gasteiger partial charge in [-0.25, -0.2) is 4.68 Å². The Balaban J connectivity index is 1.53. The lowest BCUT2D eigenvalue weighted by molar-refractivity contribution is -0.122. The summed E-state index contributed by atoms with van der Waals surface area (Å²) in [4.78, 5) is 14.7. The van der Waals surface area contributed by atoms with Crippen molar-refractivity contribution in [2.45, 2.75) is 46.3 Å². The van der Waals surface area contributed by atoms with Crippen molar-refractivity contribution in [3.05, 3.63) is 22.8 Å². The van der Waals surface area contributed by atoms with Crippen LogP contribution < -0.4 is 5.32 Å². The molecule has 1 unspecified atom stereocenters. The number of morpholine rings is 1. The van der Waals surface area contributed by atoms with E-state index in [1.807, 2.05) is 32.5 Å². The molecule has 0 bridgehead atoms. The van der Waals surface area contributed by atoms with Gasteiger partial charge >= 0.3 is 0 Å². The molecule has 148 valence electrons. The molecule has 10 nitrogen and oxygen atoms in total. The maximum Gasteiger partial charge on any atom is 0.222 e. The van der Waals surface area contributed by atoms with Gasteiger partial charge in [-0.05, 0) is 31.2 Å². The molecule has 3 heterocycles. The largest absolute Gasteiger partial charge is 0.379 e. The number of tetrazole rings is 1. The number of aromatic nitrogens is 6. The molecule has 0 spiro atoms. The zero-order valence-corrected chi connectivity index (χ0v) is 16.5. The minimum Gasteiger partial charge on any atom is -0.379 e. The van der Waals surface area contributed by atoms with Crippen LogP contribution in [0.5, 0.6) is 0 Å². The predicted molar refractivity (Wildman–Crippen MR) is 97.8 cm³/mol. The Kier molecular flexibility index (Phi) is 6.17. The second kappa shape index (κ2) is 8.57. The Morgan fingerprint density at radius 3 is 2.70 bits per heavy atom. The summed E-state index contributed by atoms with van der Waals surface area (Å²) >= 11 is 0. The number of aryl methyl sites for hydroxylation is 3. The third-order valence-corrected chi connectivity index (χ3v) is 5.00. The number of carbonyl (C=O) groups excluding carboxylic acids is 1. The molecule has 1 N–H and O–H groups in total. The van der Waals surface area contributed by atoms with E-state index in [1.165, 1.54) is 0 Å². The third-order valence-electron chi connectivity index (χ3n) is 5.00. The quantitative estimate of drug-likeness (QED) is 0.732. The minimum absolute atomic E-state index is 0.0297. The molecule has 3 rings (SSSR count). The number of nitrogens with one attached hydrogen (secondary N) is 1. The van der Waals surface area contributed by atoms with Gasteiger partial charge in [0.2, 0.25) is 5.91 Å². The van der Waals surface area contributed by atoms with Gasteiger partial charge in [0.25, 0.3) is 0 Å². The van der Waals surface area contributed by atoms with E-state index in [9.17, 15) is 4.79 Å². The molecule has 1 aliphatic heterocycles. The number of nitrogens with zero attached hydrogens (tertiary/aromatic N) is 7. The van der Waals surface area contributed by atoms with Crippen molar-refractivity contribution >= 4 is 5.91 Å². The van der Waals surface area contributed by atoms with Crippen LogP contribution in [0.25, 0.3) is 0 Å². The smallest absolute Gasteiger partial charge is 0.222 e. The van der Waals surface area contributed by atoms with Gasteiger partial charge in [0, 0.05) is 37.8 Å². The normalized spacial score (nSPS) is 16.4. The third kappa shape index (κ3) is 4.69. The van der Waals surface area contributed by atoms with E-state index in [1.54, 1.807) is 4.68 Å². The molecule has 10 heteroatoms. The van der Waals surface area contributed by atoms with Crippen LogP contribution in [0.1, 0.15) is 42.2 Å². The summed E-state index contributed by atoms with van der Waals surface area (Å²) in [5.41, 5.74) is 3.07. The second-order valence-electron chi connectivity index (χ2n) is 6.95. The number of amides is 1. The topological polar surface area (TPSA) is 103 Å². The molecule has 1 aliphatic rings. The summed E-state index contributed by atoms with van der Waals surface area (Å²) < 4.78 is 8.91. The maximum atomic E-state index is 12.4. The highest BCUT2D eigenvalue weighted by Crippen LogP contribution is 2.20. The van der Waals surface area contributed by atoms with Gasteiger partial charge in [-0.1, -0.05) is 0 Å². The standard InChI is InChI=1S/C17H28N8O2/c1-12(17-13(2)20-23(4)14(17)3)18-16(26)5-6-25-15(19-21-22-25)11-24-7-9-27-10-8-24/h12H,5-11H2,1-4H3,(H,18,26). The van der Waals surface area contributed by atoms with Crippen molar-refractivity contribution < 1.29 is 9.53 Å². The van der Waals surface area contributed by atoms with Crippen LogP contribution in [0, 0.1) is 13.8 Å². The van der Waals surface area contributed by atoms with E-state index in [0.717, 1.165) is 49.1 Å². The van der Waals surface area contributed by atoms with Crippen molar-refractivity contribution in [2.24, 2.45) is 7.05 Å². The zero-order chi connectivity index (χ0) is 19.4. The minimum atomic E-state index is -0.0899. The van der Waals surface area contributed by atoms with Crippen LogP contribution >= 0.6 is 0 Å². The Hall–Kier alpha value is -2.33. The summed E-state index contributed by atoms with van der Waals surface area (Å²) in [6.45, 7) is 10.3. The molecule has 1 amide bonds. The van der Waals surface area contributed by atoms with Crippen LogP contribution in [0.3, 0.4) is 0 Å². The lowest BCUT2D eigenvalue weighted by Crippen LogP contribution is -2.36. The molecule has 1 saturated heterocycles. The molecule has 2 aromatic rings. The van der Waals surface area contributed by atoms with Crippen LogP contribution in [-0.2, 0) is 29.7 Å². The SMILES string of the molecule is Cc1nn(C)c(C)c1C(C)NC(=O)CCn1nnnc1CN1CCOCC1. The maximum absolute atomic E-state index is 12.4. The molecular weight excluding hydrogens is 348 g/mol. The van der Waals surface area contributed by atoms with Crippen molar-refractivity contribution in [3.63, 3.8) is 0 Å². The van der Waals surface area contributed by atoms with E-state index in [4.69, 9.17) is 4.74 Å². The van der Waals surface area contributed by atoms with Gasteiger partial charge in [-0.3, -0.25) is 14.4 Å². The molecule has 0 aliphatic carbocycles. The molecule has 2 aromatic heterocycles. The van der Waals surface area contributed by atoms with Crippen molar-refractivity contribution in [2.75, 3.05) is 26.3 Å². The van der Waals surface area contributed by atoms with Crippen LogP contribution in [0.2, 0.25) is 0 Å². The van der Waals surface area contributed by atoms with E-state index < -0.39 is 0 Å². The number of carbonyl (C=O) groups is 1. The zero-order valence-electron chi connectivity index (χ0n) is 16.5. The average Bonchev–Trinajstić information content (AvgIpc) is 3.17. The number of hydrogen-bond acceptors (Lipinski definition) is 7. The number of rotatable bonds is 7. The van der Waals surface area contributed by atoms with Gasteiger partial charge < -0.3 is 10.1 Å². The fraction of sp³-hybridized carbons (Fsp3) is 0.706. The summed E-state index contributed by atoms with van der Waals surface area (Å²) in [6, 6.07) is -0.0899. The summed E-state index contributed by atoms with van der Waals surface area (Å²) in [6.07, 6.45) is 0.323. The highest BCUT2D eigenvalue weighted by molar-refractivity contribution is 5.76. The van der Waals surface area contributed by atoms with Crippen LogP contribution in [0.15, 0.2) is 0 Å². The predicted octanol–water partition coefficient (Wildman–Crippen LogP) is 0.123. The first-order valence-electron chi connectivity index (χ1n) is 9.30. The number of hydrogen-bond donors (Lipinski definition) is 1. The first kappa shape index (κ1) is 19.4. The fourth-order valence-electron chi connectivity index (χ4n) is 3.48. The summed E-state index contributed by atoms with van der Waals surface area (Å²) in [7, 11) is 1.91. The lowest BCUT2D eigenvalue weighted by Gasteiger charge is -2.25. The Bertz CT molecular complexity index is 778. The molecule has 1 atom stereocenters. The van der Waals surface area contributed by atoms with Gasteiger partial charge in [0.05, 0.1) is 38.0 Å². The average molecular weight is 376 g/mol. The van der Waals surface area contributed by atoms with Gasteiger partial charge in [0.15, 0.2) is 5.82 Å². The number of ether oxygens (including phenoxy) is 1. The van der Waals surface area contributed by atoms with E-state index in [0.29, 0.717) is 19.5 Å². The Morgan fingerprint density at radius 1 is 1.30 bits per heavy atom. The Morgan fingerprint density at radius 2 is 2.04 bits per heavy atom. The van der Waals surface area contributed by atoms with Gasteiger partial charge in [0.1, 0.15) is 0 Å². The van der Waals surface area contributed by atoms with Gasteiger partial charge in [-0.15, -0.1) is 5.10 Å².